The molecule has 0 saturated heterocycles. The third-order valence-electron chi connectivity index (χ3n) is 2.52. The number of nitrogens with two attached hydrogens (primary N) is 1. The summed E-state index contributed by atoms with van der Waals surface area (Å²) in [6.45, 7) is 3.50. The molecule has 1 unspecified atom stereocenters. The summed E-state index contributed by atoms with van der Waals surface area (Å²) in [6, 6.07) is 6.61. The number of nitro groups is 1. The molecule has 0 aliphatic rings. The van der Waals surface area contributed by atoms with Gasteiger partial charge in [-0.1, -0.05) is 0 Å². The minimum atomic E-state index is -0.948. The number of ether oxygens (including phenoxy) is 1. The fourth-order valence-electron chi connectivity index (χ4n) is 1.31. The van der Waals surface area contributed by atoms with Gasteiger partial charge in [-0.05, 0) is 26.0 Å². The van der Waals surface area contributed by atoms with Crippen LogP contribution < -0.4 is 10.5 Å². The molecule has 0 fully saturated rings. The zero-order valence-electron chi connectivity index (χ0n) is 10.3. The van der Waals surface area contributed by atoms with Crippen molar-refractivity contribution in [1.29, 1.82) is 5.26 Å². The molecule has 18 heavy (non-hydrogen) atoms. The standard InChI is InChI=1S/C12H15N3O3/c1-9-3-4-10(7-11(9)15(16)17)18-6-5-12(2,14)8-13/h3-4,7H,5-6,14H2,1-2H3. The fraction of sp³-hybridized carbons (Fsp3) is 0.417. The van der Waals surface area contributed by atoms with Crippen LogP contribution in [0.15, 0.2) is 18.2 Å². The number of rotatable bonds is 5. The second kappa shape index (κ2) is 5.47. The summed E-state index contributed by atoms with van der Waals surface area (Å²) in [6.07, 6.45) is 0.352. The molecular weight excluding hydrogens is 234 g/mol. The lowest BCUT2D eigenvalue weighted by Crippen LogP contribution is -2.35. The van der Waals surface area contributed by atoms with Crippen molar-refractivity contribution in [1.82, 2.24) is 0 Å². The highest BCUT2D eigenvalue weighted by molar-refractivity contribution is 5.45. The molecule has 1 aromatic carbocycles. The average Bonchev–Trinajstić information content (AvgIpc) is 2.31. The first-order chi connectivity index (χ1) is 8.35. The molecule has 0 amide bonds. The summed E-state index contributed by atoms with van der Waals surface area (Å²) in [4.78, 5) is 10.3. The summed E-state index contributed by atoms with van der Waals surface area (Å²) in [5, 5.41) is 19.5. The van der Waals surface area contributed by atoms with Gasteiger partial charge in [-0.3, -0.25) is 10.1 Å². The molecule has 0 aromatic heterocycles. The highest BCUT2D eigenvalue weighted by Crippen LogP contribution is 2.24. The summed E-state index contributed by atoms with van der Waals surface area (Å²) in [5.41, 5.74) is 5.28. The van der Waals surface area contributed by atoms with Gasteiger partial charge in [0.15, 0.2) is 0 Å². The van der Waals surface area contributed by atoms with Gasteiger partial charge in [0, 0.05) is 12.0 Å². The van der Waals surface area contributed by atoms with Crippen LogP contribution in [0.4, 0.5) is 5.69 Å². The number of hydrogen-bond acceptors (Lipinski definition) is 5. The van der Waals surface area contributed by atoms with Gasteiger partial charge in [0.05, 0.1) is 23.7 Å². The molecule has 0 saturated carbocycles. The smallest absolute Gasteiger partial charge is 0.275 e. The third-order valence-corrected chi connectivity index (χ3v) is 2.52. The minimum Gasteiger partial charge on any atom is -0.493 e. The van der Waals surface area contributed by atoms with E-state index in [1.54, 1.807) is 26.0 Å². The van der Waals surface area contributed by atoms with Crippen molar-refractivity contribution >= 4 is 5.69 Å². The zero-order valence-corrected chi connectivity index (χ0v) is 10.3. The molecule has 6 nitrogen and oxygen atoms in total. The van der Waals surface area contributed by atoms with Crippen LogP contribution in [0.1, 0.15) is 18.9 Å². The largest absolute Gasteiger partial charge is 0.493 e. The minimum absolute atomic E-state index is 0.0169. The second-order valence-electron chi connectivity index (χ2n) is 4.33. The van der Waals surface area contributed by atoms with Crippen molar-refractivity contribution in [2.45, 2.75) is 25.8 Å². The van der Waals surface area contributed by atoms with Crippen molar-refractivity contribution in [3.63, 3.8) is 0 Å². The van der Waals surface area contributed by atoms with Crippen LogP contribution in [0.5, 0.6) is 5.75 Å². The van der Waals surface area contributed by atoms with Gasteiger partial charge in [-0.2, -0.15) is 5.26 Å². The monoisotopic (exact) mass is 249 g/mol. The molecule has 0 aliphatic carbocycles. The third kappa shape index (κ3) is 3.71. The topological polar surface area (TPSA) is 102 Å². The maximum Gasteiger partial charge on any atom is 0.275 e. The number of benzene rings is 1. The van der Waals surface area contributed by atoms with E-state index in [1.807, 2.05) is 6.07 Å². The van der Waals surface area contributed by atoms with E-state index in [2.05, 4.69) is 0 Å². The van der Waals surface area contributed by atoms with Crippen LogP contribution in [-0.4, -0.2) is 17.1 Å². The molecule has 96 valence electrons. The van der Waals surface area contributed by atoms with Crippen molar-refractivity contribution in [2.24, 2.45) is 5.73 Å². The molecule has 0 radical (unpaired) electrons. The molecule has 0 bridgehead atoms. The SMILES string of the molecule is Cc1ccc(OCCC(C)(N)C#N)cc1[N+](=O)[O-]. The number of nitro benzene ring substituents is 1. The molecule has 0 aliphatic heterocycles. The zero-order chi connectivity index (χ0) is 13.8. The van der Waals surface area contributed by atoms with E-state index in [0.29, 0.717) is 17.7 Å². The van der Waals surface area contributed by atoms with Gasteiger partial charge in [0.1, 0.15) is 11.3 Å². The Labute approximate surface area is 105 Å². The lowest BCUT2D eigenvalue weighted by atomic mass is 10.0. The van der Waals surface area contributed by atoms with E-state index < -0.39 is 10.5 Å². The number of aryl methyl sites for hydroxylation is 1. The van der Waals surface area contributed by atoms with Crippen molar-refractivity contribution in [3.8, 4) is 11.8 Å². The van der Waals surface area contributed by atoms with E-state index in [-0.39, 0.29) is 12.3 Å². The molecule has 6 heteroatoms. The Hall–Kier alpha value is -2.13. The molecular formula is C12H15N3O3. The summed E-state index contributed by atoms with van der Waals surface area (Å²) < 4.78 is 5.35. The van der Waals surface area contributed by atoms with E-state index in [4.69, 9.17) is 15.7 Å². The van der Waals surface area contributed by atoms with Gasteiger partial charge in [0.25, 0.3) is 5.69 Å². The summed E-state index contributed by atoms with van der Waals surface area (Å²) in [7, 11) is 0. The van der Waals surface area contributed by atoms with E-state index in [0.717, 1.165) is 0 Å². The molecule has 1 atom stereocenters. The van der Waals surface area contributed by atoms with Crippen LogP contribution in [0, 0.1) is 28.4 Å². The first kappa shape index (κ1) is 13.9. The first-order valence-corrected chi connectivity index (χ1v) is 5.44. The Bertz CT molecular complexity index is 492. The molecule has 1 aromatic rings. The van der Waals surface area contributed by atoms with Gasteiger partial charge < -0.3 is 10.5 Å². The fourth-order valence-corrected chi connectivity index (χ4v) is 1.31. The van der Waals surface area contributed by atoms with Crippen molar-refractivity contribution in [2.75, 3.05) is 6.61 Å². The van der Waals surface area contributed by atoms with Gasteiger partial charge in [-0.15, -0.1) is 0 Å². The summed E-state index contributed by atoms with van der Waals surface area (Å²) in [5.74, 6) is 0.404. The van der Waals surface area contributed by atoms with Crippen LogP contribution in [0.3, 0.4) is 0 Å². The maximum absolute atomic E-state index is 10.7. The average molecular weight is 249 g/mol. The summed E-state index contributed by atoms with van der Waals surface area (Å²) >= 11 is 0. The molecule has 1 rings (SSSR count). The van der Waals surface area contributed by atoms with Crippen LogP contribution in [0.25, 0.3) is 0 Å². The van der Waals surface area contributed by atoms with Crippen LogP contribution >= 0.6 is 0 Å². The number of nitrogens with zero attached hydrogens (tertiary/aromatic N) is 2. The predicted octanol–water partition coefficient (Wildman–Crippen LogP) is 1.91. The Balaban J connectivity index is 2.67. The van der Waals surface area contributed by atoms with Gasteiger partial charge in [-0.25, -0.2) is 0 Å². The second-order valence-corrected chi connectivity index (χ2v) is 4.33. The predicted molar refractivity (Wildman–Crippen MR) is 66.2 cm³/mol. The van der Waals surface area contributed by atoms with Crippen LogP contribution in [0.2, 0.25) is 0 Å². The Morgan fingerprint density at radius 1 is 1.61 bits per heavy atom. The van der Waals surface area contributed by atoms with Crippen LogP contribution in [-0.2, 0) is 0 Å². The molecule has 0 spiro atoms. The Kier molecular flexibility index (Phi) is 4.23. The van der Waals surface area contributed by atoms with E-state index >= 15 is 0 Å². The highest BCUT2D eigenvalue weighted by Gasteiger charge is 2.17. The Morgan fingerprint density at radius 2 is 2.28 bits per heavy atom. The quantitative estimate of drug-likeness (QED) is 0.634. The maximum atomic E-state index is 10.7. The Morgan fingerprint density at radius 3 is 2.83 bits per heavy atom. The number of nitriles is 1. The van der Waals surface area contributed by atoms with E-state index in [1.165, 1.54) is 6.07 Å². The van der Waals surface area contributed by atoms with E-state index in [9.17, 15) is 10.1 Å². The van der Waals surface area contributed by atoms with Crippen molar-refractivity contribution < 1.29 is 9.66 Å². The van der Waals surface area contributed by atoms with Gasteiger partial charge >= 0.3 is 0 Å². The van der Waals surface area contributed by atoms with Crippen molar-refractivity contribution in [3.05, 3.63) is 33.9 Å². The number of hydrogen-bond donors (Lipinski definition) is 1. The highest BCUT2D eigenvalue weighted by atomic mass is 16.6. The lowest BCUT2D eigenvalue weighted by Gasteiger charge is -2.15. The molecule has 2 N–H and O–H groups in total. The lowest BCUT2D eigenvalue weighted by molar-refractivity contribution is -0.385. The first-order valence-electron chi connectivity index (χ1n) is 5.44. The normalized spacial score (nSPS) is 13.4. The van der Waals surface area contributed by atoms with Gasteiger partial charge in [0.2, 0.25) is 0 Å². The molecule has 0 heterocycles.